The van der Waals surface area contributed by atoms with Crippen LogP contribution in [0.15, 0.2) is 10.5 Å². The predicted molar refractivity (Wildman–Crippen MR) is 84.5 cm³/mol. The van der Waals surface area contributed by atoms with E-state index in [-0.39, 0.29) is 0 Å². The zero-order chi connectivity index (χ0) is 13.0. The Morgan fingerprint density at radius 3 is 2.67 bits per heavy atom. The molecule has 1 fully saturated rings. The predicted octanol–water partition coefficient (Wildman–Crippen LogP) is 5.61. The third-order valence-corrected chi connectivity index (χ3v) is 6.28. The van der Waals surface area contributed by atoms with Crippen LogP contribution in [0.3, 0.4) is 0 Å². The second kappa shape index (κ2) is 7.28. The van der Waals surface area contributed by atoms with Crippen molar-refractivity contribution in [3.8, 4) is 0 Å². The zero-order valence-corrected chi connectivity index (χ0v) is 14.0. The summed E-state index contributed by atoms with van der Waals surface area (Å²) in [6.07, 6.45) is 8.24. The monoisotopic (exact) mass is 349 g/mol. The van der Waals surface area contributed by atoms with Gasteiger partial charge >= 0.3 is 0 Å². The lowest BCUT2D eigenvalue weighted by molar-refractivity contribution is 0.278. The topological polar surface area (TPSA) is 12.0 Å². The second-order valence-corrected chi connectivity index (χ2v) is 7.81. The van der Waals surface area contributed by atoms with Crippen LogP contribution in [0.25, 0.3) is 0 Å². The molecule has 1 aromatic heterocycles. The van der Waals surface area contributed by atoms with E-state index in [2.05, 4.69) is 34.2 Å². The maximum atomic E-state index is 6.05. The highest BCUT2D eigenvalue weighted by atomic mass is 79.9. The van der Waals surface area contributed by atoms with Crippen LogP contribution in [0.5, 0.6) is 0 Å². The smallest absolute Gasteiger partial charge is 0.107 e. The van der Waals surface area contributed by atoms with E-state index in [1.54, 1.807) is 11.3 Å². The summed E-state index contributed by atoms with van der Waals surface area (Å²) in [7, 11) is 0. The molecule has 0 saturated heterocycles. The van der Waals surface area contributed by atoms with Crippen LogP contribution >= 0.6 is 38.9 Å². The average molecular weight is 351 g/mol. The molecule has 1 aromatic rings. The molecule has 1 saturated carbocycles. The molecule has 2 rings (SSSR count). The first kappa shape index (κ1) is 14.8. The van der Waals surface area contributed by atoms with Crippen LogP contribution in [-0.4, -0.2) is 6.04 Å². The molecule has 0 bridgehead atoms. The number of rotatable bonds is 5. The summed E-state index contributed by atoms with van der Waals surface area (Å²) in [6.45, 7) is 3.25. The van der Waals surface area contributed by atoms with Crippen LogP contribution in [0.2, 0.25) is 4.34 Å². The molecule has 1 N–H and O–H groups in total. The minimum atomic E-state index is 0.706. The van der Waals surface area contributed by atoms with Gasteiger partial charge in [0.25, 0.3) is 0 Å². The maximum Gasteiger partial charge on any atom is 0.107 e. The Kier molecular flexibility index (Phi) is 5.99. The molecule has 0 aliphatic heterocycles. The van der Waals surface area contributed by atoms with Crippen molar-refractivity contribution in [1.82, 2.24) is 5.32 Å². The molecule has 18 heavy (non-hydrogen) atoms. The first-order valence-electron chi connectivity index (χ1n) is 6.86. The number of nitrogens with one attached hydrogen (secondary N) is 1. The fraction of sp³-hybridized carbons (Fsp3) is 0.714. The van der Waals surface area contributed by atoms with Crippen LogP contribution in [-0.2, 0) is 6.54 Å². The SMILES string of the molecule is CCCC1CCC(NCc2cc(Br)c(Cl)s2)CC1. The van der Waals surface area contributed by atoms with Crippen molar-refractivity contribution >= 4 is 38.9 Å². The van der Waals surface area contributed by atoms with Gasteiger partial charge in [0, 0.05) is 21.9 Å². The Bertz CT molecular complexity index is 352. The third kappa shape index (κ3) is 4.22. The number of hydrogen-bond acceptors (Lipinski definition) is 2. The lowest BCUT2D eigenvalue weighted by Gasteiger charge is -2.28. The second-order valence-electron chi connectivity index (χ2n) is 5.22. The van der Waals surface area contributed by atoms with E-state index in [1.807, 2.05) is 0 Å². The summed E-state index contributed by atoms with van der Waals surface area (Å²) in [6, 6.07) is 2.83. The number of halogens is 2. The van der Waals surface area contributed by atoms with Gasteiger partial charge in [-0.1, -0.05) is 31.4 Å². The van der Waals surface area contributed by atoms with Crippen LogP contribution in [0.4, 0.5) is 0 Å². The molecule has 0 radical (unpaired) electrons. The van der Waals surface area contributed by atoms with E-state index < -0.39 is 0 Å². The summed E-state index contributed by atoms with van der Waals surface area (Å²) in [4.78, 5) is 1.32. The van der Waals surface area contributed by atoms with Crippen LogP contribution < -0.4 is 5.32 Å². The van der Waals surface area contributed by atoms with Gasteiger partial charge in [0.15, 0.2) is 0 Å². The van der Waals surface area contributed by atoms with Gasteiger partial charge in [0.05, 0.1) is 0 Å². The fourth-order valence-electron chi connectivity index (χ4n) is 2.79. The highest BCUT2D eigenvalue weighted by molar-refractivity contribution is 9.10. The Morgan fingerprint density at radius 2 is 2.11 bits per heavy atom. The van der Waals surface area contributed by atoms with E-state index in [9.17, 15) is 0 Å². The van der Waals surface area contributed by atoms with Crippen LogP contribution in [0, 0.1) is 5.92 Å². The normalized spacial score (nSPS) is 24.4. The van der Waals surface area contributed by atoms with Crippen molar-refractivity contribution in [2.75, 3.05) is 0 Å². The van der Waals surface area contributed by atoms with Crippen LogP contribution in [0.1, 0.15) is 50.3 Å². The highest BCUT2D eigenvalue weighted by Gasteiger charge is 2.20. The van der Waals surface area contributed by atoms with Gasteiger partial charge in [-0.3, -0.25) is 0 Å². The maximum absolute atomic E-state index is 6.05. The van der Waals surface area contributed by atoms with Crippen molar-refractivity contribution in [2.45, 2.75) is 58.0 Å². The largest absolute Gasteiger partial charge is 0.309 e. The number of hydrogen-bond donors (Lipinski definition) is 1. The molecule has 1 aliphatic carbocycles. The van der Waals surface area contributed by atoms with Crippen molar-refractivity contribution in [3.63, 3.8) is 0 Å². The standard InChI is InChI=1S/C14H21BrClNS/c1-2-3-10-4-6-11(7-5-10)17-9-12-8-13(15)14(16)18-12/h8,10-11,17H,2-7,9H2,1H3. The van der Waals surface area contributed by atoms with E-state index in [4.69, 9.17) is 11.6 Å². The van der Waals surface area contributed by atoms with Gasteiger partial charge < -0.3 is 5.32 Å². The molecule has 0 spiro atoms. The Labute approximate surface area is 127 Å². The van der Waals surface area contributed by atoms with E-state index in [0.717, 1.165) is 21.3 Å². The number of thiophene rings is 1. The molecule has 1 nitrogen and oxygen atoms in total. The third-order valence-electron chi connectivity index (χ3n) is 3.80. The highest BCUT2D eigenvalue weighted by Crippen LogP contribution is 2.32. The van der Waals surface area contributed by atoms with E-state index in [1.165, 1.54) is 43.4 Å². The van der Waals surface area contributed by atoms with Gasteiger partial charge in [-0.2, -0.15) is 0 Å². The van der Waals surface area contributed by atoms with Crippen molar-refractivity contribution in [3.05, 3.63) is 19.8 Å². The van der Waals surface area contributed by atoms with Gasteiger partial charge in [-0.05, 0) is 53.6 Å². The van der Waals surface area contributed by atoms with E-state index in [0.29, 0.717) is 6.04 Å². The summed E-state index contributed by atoms with van der Waals surface area (Å²) >= 11 is 11.2. The lowest BCUT2D eigenvalue weighted by Crippen LogP contribution is -2.32. The minimum absolute atomic E-state index is 0.706. The van der Waals surface area contributed by atoms with Crippen molar-refractivity contribution in [1.29, 1.82) is 0 Å². The first-order valence-corrected chi connectivity index (χ1v) is 8.85. The van der Waals surface area contributed by atoms with Gasteiger partial charge in [-0.25, -0.2) is 0 Å². The molecule has 0 aromatic carbocycles. The quantitative estimate of drug-likeness (QED) is 0.727. The molecular formula is C14H21BrClNS. The zero-order valence-electron chi connectivity index (χ0n) is 10.8. The Morgan fingerprint density at radius 1 is 1.39 bits per heavy atom. The molecule has 0 atom stereocenters. The molecule has 102 valence electrons. The first-order chi connectivity index (χ1) is 8.69. The molecular weight excluding hydrogens is 330 g/mol. The molecule has 4 heteroatoms. The molecule has 0 unspecified atom stereocenters. The Balaban J connectivity index is 1.72. The van der Waals surface area contributed by atoms with Crippen molar-refractivity contribution in [2.24, 2.45) is 5.92 Å². The Hall–Kier alpha value is 0.430. The fourth-order valence-corrected chi connectivity index (χ4v) is 4.53. The summed E-state index contributed by atoms with van der Waals surface area (Å²) in [5.74, 6) is 0.985. The molecule has 0 amide bonds. The molecule has 1 heterocycles. The summed E-state index contributed by atoms with van der Waals surface area (Å²) < 4.78 is 1.89. The van der Waals surface area contributed by atoms with Gasteiger partial charge in [-0.15, -0.1) is 11.3 Å². The van der Waals surface area contributed by atoms with Crippen molar-refractivity contribution < 1.29 is 0 Å². The molecule has 1 aliphatic rings. The van der Waals surface area contributed by atoms with Gasteiger partial charge in [0.1, 0.15) is 4.34 Å². The van der Waals surface area contributed by atoms with Gasteiger partial charge in [0.2, 0.25) is 0 Å². The lowest BCUT2D eigenvalue weighted by atomic mass is 9.83. The summed E-state index contributed by atoms with van der Waals surface area (Å²) in [5, 5.41) is 3.67. The van der Waals surface area contributed by atoms with E-state index >= 15 is 0 Å². The summed E-state index contributed by atoms with van der Waals surface area (Å²) in [5.41, 5.74) is 0. The average Bonchev–Trinajstić information content (AvgIpc) is 2.68. The minimum Gasteiger partial charge on any atom is -0.309 e.